The van der Waals surface area contributed by atoms with Crippen molar-refractivity contribution < 1.29 is 9.31 Å². The van der Waals surface area contributed by atoms with Crippen LogP contribution in [0.4, 0.5) is 15.8 Å². The number of anilines is 1. The van der Waals surface area contributed by atoms with Crippen molar-refractivity contribution in [3.8, 4) is 0 Å². The van der Waals surface area contributed by atoms with Crippen LogP contribution in [-0.2, 0) is 6.54 Å². The largest absolute Gasteiger partial charge is 0.367 e. The van der Waals surface area contributed by atoms with Crippen LogP contribution in [0, 0.1) is 15.9 Å². The highest BCUT2D eigenvalue weighted by molar-refractivity contribution is 6.30. The van der Waals surface area contributed by atoms with Gasteiger partial charge in [0, 0.05) is 49.4 Å². The van der Waals surface area contributed by atoms with Crippen molar-refractivity contribution in [3.05, 3.63) is 69.0 Å². The van der Waals surface area contributed by atoms with Gasteiger partial charge in [0.1, 0.15) is 5.82 Å². The molecule has 0 aliphatic carbocycles. The minimum absolute atomic E-state index is 0.0796. The zero-order chi connectivity index (χ0) is 17.1. The average molecular weight is 350 g/mol. The van der Waals surface area contributed by atoms with Gasteiger partial charge in [-0.2, -0.15) is 0 Å². The van der Waals surface area contributed by atoms with Crippen molar-refractivity contribution in [2.24, 2.45) is 0 Å². The molecule has 126 valence electrons. The molecule has 0 amide bonds. The Hall–Kier alpha value is -2.18. The standard InChI is InChI=1S/C17H17ClFN3O2/c18-14-5-6-16(22(23)24)13(11-14)12-20-7-9-21(10-8-20)17-4-2-1-3-15(17)19/h1-6,11H,7-10,12H2. The van der Waals surface area contributed by atoms with Crippen LogP contribution in [0.25, 0.3) is 0 Å². The quantitative estimate of drug-likeness (QED) is 0.623. The monoisotopic (exact) mass is 349 g/mol. The topological polar surface area (TPSA) is 49.6 Å². The molecular formula is C17H17ClFN3O2. The summed E-state index contributed by atoms with van der Waals surface area (Å²) >= 11 is 5.97. The Morgan fingerprint density at radius 3 is 2.50 bits per heavy atom. The lowest BCUT2D eigenvalue weighted by Crippen LogP contribution is -2.46. The number of nitro groups is 1. The minimum atomic E-state index is -0.388. The molecule has 1 fully saturated rings. The highest BCUT2D eigenvalue weighted by atomic mass is 35.5. The summed E-state index contributed by atoms with van der Waals surface area (Å²) in [4.78, 5) is 14.9. The second-order valence-electron chi connectivity index (χ2n) is 5.74. The van der Waals surface area contributed by atoms with Gasteiger partial charge in [0.2, 0.25) is 0 Å². The molecule has 2 aromatic carbocycles. The van der Waals surface area contributed by atoms with Crippen molar-refractivity contribution >= 4 is 23.0 Å². The third-order valence-corrected chi connectivity index (χ3v) is 4.43. The SMILES string of the molecule is O=[N+]([O-])c1ccc(Cl)cc1CN1CCN(c2ccccc2F)CC1. The number of halogens is 2. The van der Waals surface area contributed by atoms with Crippen molar-refractivity contribution in [1.82, 2.24) is 4.90 Å². The molecule has 1 saturated heterocycles. The Balaban J connectivity index is 1.67. The van der Waals surface area contributed by atoms with Crippen molar-refractivity contribution in [2.75, 3.05) is 31.1 Å². The fraction of sp³-hybridized carbons (Fsp3) is 0.294. The molecule has 0 spiro atoms. The molecule has 3 rings (SSSR count). The number of rotatable bonds is 4. The summed E-state index contributed by atoms with van der Waals surface area (Å²) < 4.78 is 13.9. The molecule has 0 bridgehead atoms. The van der Waals surface area contributed by atoms with E-state index in [4.69, 9.17) is 11.6 Å². The van der Waals surface area contributed by atoms with E-state index < -0.39 is 0 Å². The van der Waals surface area contributed by atoms with E-state index in [2.05, 4.69) is 4.90 Å². The van der Waals surface area contributed by atoms with Gasteiger partial charge < -0.3 is 4.90 Å². The Labute approximate surface area is 144 Å². The minimum Gasteiger partial charge on any atom is -0.367 e. The Bertz CT molecular complexity index is 748. The third-order valence-electron chi connectivity index (χ3n) is 4.20. The van der Waals surface area contributed by atoms with Crippen LogP contribution in [0.5, 0.6) is 0 Å². The van der Waals surface area contributed by atoms with Crippen LogP contribution < -0.4 is 4.90 Å². The fourth-order valence-electron chi connectivity index (χ4n) is 2.95. The smallest absolute Gasteiger partial charge is 0.273 e. The first kappa shape index (κ1) is 16.7. The van der Waals surface area contributed by atoms with Crippen molar-refractivity contribution in [2.45, 2.75) is 6.54 Å². The first-order chi connectivity index (χ1) is 11.5. The summed E-state index contributed by atoms with van der Waals surface area (Å²) in [7, 11) is 0. The van der Waals surface area contributed by atoms with E-state index in [0.29, 0.717) is 49.0 Å². The van der Waals surface area contributed by atoms with Crippen molar-refractivity contribution in [1.29, 1.82) is 0 Å². The van der Waals surface area contributed by atoms with Gasteiger partial charge in [0.15, 0.2) is 0 Å². The third kappa shape index (κ3) is 3.66. The number of para-hydroxylation sites is 1. The molecule has 0 unspecified atom stereocenters. The van der Waals surface area contributed by atoms with Gasteiger partial charge in [-0.1, -0.05) is 23.7 Å². The van der Waals surface area contributed by atoms with Gasteiger partial charge >= 0.3 is 0 Å². The van der Waals surface area contributed by atoms with Gasteiger partial charge in [-0.25, -0.2) is 4.39 Å². The molecule has 1 aliphatic rings. The van der Waals surface area contributed by atoms with Crippen LogP contribution in [0.1, 0.15) is 5.56 Å². The molecule has 1 heterocycles. The first-order valence-electron chi connectivity index (χ1n) is 7.69. The van der Waals surface area contributed by atoms with Gasteiger partial charge in [-0.15, -0.1) is 0 Å². The second-order valence-corrected chi connectivity index (χ2v) is 6.18. The number of nitro benzene ring substituents is 1. The summed E-state index contributed by atoms with van der Waals surface area (Å²) in [5, 5.41) is 11.6. The maximum Gasteiger partial charge on any atom is 0.273 e. The summed E-state index contributed by atoms with van der Waals surface area (Å²) in [5.74, 6) is -0.226. The lowest BCUT2D eigenvalue weighted by Gasteiger charge is -2.36. The van der Waals surface area contributed by atoms with Crippen LogP contribution in [0.3, 0.4) is 0 Å². The fourth-order valence-corrected chi connectivity index (χ4v) is 3.15. The van der Waals surface area contributed by atoms with Crippen molar-refractivity contribution in [3.63, 3.8) is 0 Å². The van der Waals surface area contributed by atoms with Crippen LogP contribution >= 0.6 is 11.6 Å². The lowest BCUT2D eigenvalue weighted by atomic mass is 10.1. The number of benzene rings is 2. The highest BCUT2D eigenvalue weighted by Crippen LogP contribution is 2.25. The Morgan fingerprint density at radius 1 is 1.12 bits per heavy atom. The van der Waals surface area contributed by atoms with E-state index in [1.807, 2.05) is 11.0 Å². The summed E-state index contributed by atoms with van der Waals surface area (Å²) in [6, 6.07) is 11.3. The number of piperazine rings is 1. The van der Waals surface area contributed by atoms with Crippen LogP contribution in [0.15, 0.2) is 42.5 Å². The maximum atomic E-state index is 13.9. The highest BCUT2D eigenvalue weighted by Gasteiger charge is 2.22. The molecule has 24 heavy (non-hydrogen) atoms. The number of hydrogen-bond acceptors (Lipinski definition) is 4. The van der Waals surface area contributed by atoms with Crippen LogP contribution in [-0.4, -0.2) is 36.0 Å². The Morgan fingerprint density at radius 2 is 1.83 bits per heavy atom. The van der Waals surface area contributed by atoms with Gasteiger partial charge in [0.05, 0.1) is 10.6 Å². The summed E-state index contributed by atoms with van der Waals surface area (Å²) in [5.41, 5.74) is 1.29. The molecule has 1 aliphatic heterocycles. The van der Waals surface area contributed by atoms with E-state index in [-0.39, 0.29) is 16.4 Å². The van der Waals surface area contributed by atoms with E-state index in [1.165, 1.54) is 18.2 Å². The zero-order valence-electron chi connectivity index (χ0n) is 13.0. The molecule has 2 aromatic rings. The molecule has 0 aromatic heterocycles. The number of nitrogens with zero attached hydrogens (tertiary/aromatic N) is 3. The number of hydrogen-bond donors (Lipinski definition) is 0. The molecule has 0 saturated carbocycles. The van der Waals surface area contributed by atoms with Gasteiger partial charge in [-0.3, -0.25) is 15.0 Å². The molecule has 0 N–H and O–H groups in total. The maximum absolute atomic E-state index is 13.9. The average Bonchev–Trinajstić information content (AvgIpc) is 2.56. The van der Waals surface area contributed by atoms with E-state index in [0.717, 1.165) is 0 Å². The van der Waals surface area contributed by atoms with E-state index in [9.17, 15) is 14.5 Å². The molecular weight excluding hydrogens is 333 g/mol. The predicted octanol–water partition coefficient (Wildman–Crippen LogP) is 3.71. The van der Waals surface area contributed by atoms with E-state index >= 15 is 0 Å². The van der Waals surface area contributed by atoms with Gasteiger partial charge in [0.25, 0.3) is 5.69 Å². The molecule has 0 atom stereocenters. The molecule has 7 heteroatoms. The summed E-state index contributed by atoms with van der Waals surface area (Å²) in [6.45, 7) is 3.22. The zero-order valence-corrected chi connectivity index (χ0v) is 13.7. The predicted molar refractivity (Wildman–Crippen MR) is 92.0 cm³/mol. The van der Waals surface area contributed by atoms with Gasteiger partial charge in [-0.05, 0) is 24.3 Å². The first-order valence-corrected chi connectivity index (χ1v) is 8.07. The normalized spacial score (nSPS) is 15.5. The Kier molecular flexibility index (Phi) is 4.97. The summed E-state index contributed by atoms with van der Waals surface area (Å²) in [6.07, 6.45) is 0. The second kappa shape index (κ2) is 7.15. The van der Waals surface area contributed by atoms with E-state index in [1.54, 1.807) is 18.2 Å². The molecule has 5 nitrogen and oxygen atoms in total. The lowest BCUT2D eigenvalue weighted by molar-refractivity contribution is -0.385. The van der Waals surface area contributed by atoms with Crippen LogP contribution in [0.2, 0.25) is 5.02 Å². The molecule has 0 radical (unpaired) electrons.